The Morgan fingerprint density at radius 1 is 1.06 bits per heavy atom. The zero-order valence-electron chi connectivity index (χ0n) is 17.7. The number of aliphatic hydroxyl groups is 1. The fourth-order valence-corrected chi connectivity index (χ4v) is 4.10. The topological polar surface area (TPSA) is 112 Å². The van der Waals surface area contributed by atoms with Gasteiger partial charge in [-0.15, -0.1) is 0 Å². The molecule has 0 aliphatic carbocycles. The van der Waals surface area contributed by atoms with Gasteiger partial charge in [0.25, 0.3) is 0 Å². The highest BCUT2D eigenvalue weighted by molar-refractivity contribution is 7.22. The molecule has 1 aromatic heterocycles. The number of aromatic hydroxyl groups is 1. The summed E-state index contributed by atoms with van der Waals surface area (Å²) in [5.74, 6) is 0.161. The number of aromatic nitrogens is 1. The van der Waals surface area contributed by atoms with E-state index in [1.54, 1.807) is 12.1 Å². The second-order valence-corrected chi connectivity index (χ2v) is 8.22. The number of para-hydroxylation sites is 2. The van der Waals surface area contributed by atoms with E-state index in [4.69, 9.17) is 4.74 Å². The molecule has 3 rings (SSSR count). The standard InChI is InChI=1S/C23H27N3O5S/c27-15-13-26(21(29)12-6-2-8-17-7-1-4-10-19(17)28)14-16-31-23(30)25-22-24-18-9-3-5-11-20(18)32-22/h1,3-5,7,9-11,27-28H,2,6,8,12-16H2,(H,24,25,30). The summed E-state index contributed by atoms with van der Waals surface area (Å²) in [4.78, 5) is 30.3. The van der Waals surface area contributed by atoms with Crippen molar-refractivity contribution < 1.29 is 24.5 Å². The first-order chi connectivity index (χ1) is 15.6. The predicted molar refractivity (Wildman–Crippen MR) is 124 cm³/mol. The number of fused-ring (bicyclic) bond motifs is 1. The average Bonchev–Trinajstić information content (AvgIpc) is 3.19. The summed E-state index contributed by atoms with van der Waals surface area (Å²) in [6, 6.07) is 14.7. The van der Waals surface area contributed by atoms with Gasteiger partial charge in [-0.25, -0.2) is 9.78 Å². The van der Waals surface area contributed by atoms with Gasteiger partial charge < -0.3 is 19.8 Å². The number of carbonyl (C=O) groups is 2. The van der Waals surface area contributed by atoms with Crippen molar-refractivity contribution >= 4 is 38.7 Å². The SMILES string of the molecule is O=C(Nc1nc2ccccc2s1)OCCN(CCO)C(=O)CCCCc1ccccc1O. The van der Waals surface area contributed by atoms with Gasteiger partial charge >= 0.3 is 6.09 Å². The number of nitrogens with one attached hydrogen (secondary N) is 1. The zero-order chi connectivity index (χ0) is 22.8. The number of thiazole rings is 1. The molecule has 0 radical (unpaired) electrons. The molecule has 8 nitrogen and oxygen atoms in total. The van der Waals surface area contributed by atoms with Crippen molar-refractivity contribution in [3.63, 3.8) is 0 Å². The summed E-state index contributed by atoms with van der Waals surface area (Å²) in [6.07, 6.45) is 1.80. The van der Waals surface area contributed by atoms with Crippen LogP contribution < -0.4 is 5.32 Å². The Kier molecular flexibility index (Phi) is 8.82. The van der Waals surface area contributed by atoms with Gasteiger partial charge in [-0.3, -0.25) is 10.1 Å². The lowest BCUT2D eigenvalue weighted by molar-refractivity contribution is -0.132. The monoisotopic (exact) mass is 457 g/mol. The Hall–Kier alpha value is -3.17. The number of hydrogen-bond acceptors (Lipinski definition) is 7. The Morgan fingerprint density at radius 3 is 2.62 bits per heavy atom. The lowest BCUT2D eigenvalue weighted by Crippen LogP contribution is -2.36. The third-order valence-electron chi connectivity index (χ3n) is 4.90. The molecule has 1 heterocycles. The molecule has 0 unspecified atom stereocenters. The summed E-state index contributed by atoms with van der Waals surface area (Å²) in [5, 5.41) is 22.1. The van der Waals surface area contributed by atoms with Crippen molar-refractivity contribution in [1.82, 2.24) is 9.88 Å². The second kappa shape index (κ2) is 12.0. The third kappa shape index (κ3) is 6.93. The molecule has 0 aliphatic rings. The molecule has 0 spiro atoms. The molecule has 2 aromatic carbocycles. The number of hydrogen-bond donors (Lipinski definition) is 3. The van der Waals surface area contributed by atoms with Crippen LogP contribution in [-0.2, 0) is 16.0 Å². The maximum Gasteiger partial charge on any atom is 0.413 e. The van der Waals surface area contributed by atoms with Crippen LogP contribution in [-0.4, -0.2) is 58.4 Å². The Labute approximate surface area is 190 Å². The summed E-state index contributed by atoms with van der Waals surface area (Å²) >= 11 is 1.35. The first-order valence-corrected chi connectivity index (χ1v) is 11.3. The summed E-state index contributed by atoms with van der Waals surface area (Å²) in [7, 11) is 0. The first kappa shape index (κ1) is 23.5. The molecule has 0 bridgehead atoms. The number of phenols is 1. The van der Waals surface area contributed by atoms with Crippen LogP contribution in [0.5, 0.6) is 5.75 Å². The number of phenolic OH excluding ortho intramolecular Hbond substituents is 1. The van der Waals surface area contributed by atoms with Crippen LogP contribution in [0.25, 0.3) is 10.2 Å². The van der Waals surface area contributed by atoms with Crippen LogP contribution >= 0.6 is 11.3 Å². The number of rotatable bonds is 11. The van der Waals surface area contributed by atoms with E-state index in [-0.39, 0.29) is 38.0 Å². The number of nitrogens with zero attached hydrogens (tertiary/aromatic N) is 2. The highest BCUT2D eigenvalue weighted by Gasteiger charge is 2.14. The minimum absolute atomic E-state index is 0.0142. The van der Waals surface area contributed by atoms with E-state index in [0.29, 0.717) is 24.4 Å². The van der Waals surface area contributed by atoms with E-state index in [1.165, 1.54) is 16.2 Å². The molecule has 2 amide bonds. The van der Waals surface area contributed by atoms with E-state index in [2.05, 4.69) is 10.3 Å². The van der Waals surface area contributed by atoms with E-state index in [9.17, 15) is 19.8 Å². The average molecular weight is 458 g/mol. The van der Waals surface area contributed by atoms with Gasteiger partial charge in [0.1, 0.15) is 12.4 Å². The molecule has 32 heavy (non-hydrogen) atoms. The Morgan fingerprint density at radius 2 is 1.84 bits per heavy atom. The van der Waals surface area contributed by atoms with Crippen LogP contribution in [0.4, 0.5) is 9.93 Å². The molecule has 0 fully saturated rings. The molecular weight excluding hydrogens is 430 g/mol. The number of carbonyl (C=O) groups excluding carboxylic acids is 2. The van der Waals surface area contributed by atoms with Crippen LogP contribution in [0.3, 0.4) is 0 Å². The molecule has 9 heteroatoms. The van der Waals surface area contributed by atoms with Gasteiger partial charge in [-0.1, -0.05) is 41.7 Å². The number of unbranched alkanes of at least 4 members (excludes halogenated alkanes) is 1. The van der Waals surface area contributed by atoms with Gasteiger partial charge in [-0.2, -0.15) is 0 Å². The van der Waals surface area contributed by atoms with Gasteiger partial charge in [0.05, 0.1) is 23.4 Å². The maximum absolute atomic E-state index is 12.5. The van der Waals surface area contributed by atoms with E-state index >= 15 is 0 Å². The number of anilines is 1. The number of amides is 2. The normalized spacial score (nSPS) is 10.8. The highest BCUT2D eigenvalue weighted by atomic mass is 32.1. The molecule has 3 N–H and O–H groups in total. The van der Waals surface area contributed by atoms with Crippen LogP contribution in [0, 0.1) is 0 Å². The van der Waals surface area contributed by atoms with Crippen LogP contribution in [0.1, 0.15) is 24.8 Å². The molecule has 0 atom stereocenters. The first-order valence-electron chi connectivity index (χ1n) is 10.5. The number of benzene rings is 2. The summed E-state index contributed by atoms with van der Waals surface area (Å²) in [6.45, 7) is 0.231. The maximum atomic E-state index is 12.5. The predicted octanol–water partition coefficient (Wildman–Crippen LogP) is 3.78. The van der Waals surface area contributed by atoms with E-state index in [1.807, 2.05) is 36.4 Å². The fourth-order valence-electron chi connectivity index (χ4n) is 3.25. The number of aliphatic hydroxyl groups excluding tert-OH is 1. The van der Waals surface area contributed by atoms with Crippen LogP contribution in [0.2, 0.25) is 0 Å². The summed E-state index contributed by atoms with van der Waals surface area (Å²) in [5.41, 5.74) is 1.66. The minimum atomic E-state index is -0.636. The third-order valence-corrected chi connectivity index (χ3v) is 5.85. The van der Waals surface area contributed by atoms with Crippen molar-refractivity contribution in [2.75, 3.05) is 31.6 Å². The van der Waals surface area contributed by atoms with Crippen LogP contribution in [0.15, 0.2) is 48.5 Å². The van der Waals surface area contributed by atoms with Gasteiger partial charge in [0, 0.05) is 13.0 Å². The van der Waals surface area contributed by atoms with Crippen molar-refractivity contribution in [3.8, 4) is 5.75 Å². The van der Waals surface area contributed by atoms with Gasteiger partial charge in [-0.05, 0) is 43.0 Å². The van der Waals surface area contributed by atoms with Gasteiger partial charge in [0.2, 0.25) is 5.91 Å². The lowest BCUT2D eigenvalue weighted by atomic mass is 10.1. The minimum Gasteiger partial charge on any atom is -0.508 e. The van der Waals surface area contributed by atoms with Crippen molar-refractivity contribution in [3.05, 3.63) is 54.1 Å². The van der Waals surface area contributed by atoms with Gasteiger partial charge in [0.15, 0.2) is 5.13 Å². The van der Waals surface area contributed by atoms with Crippen molar-refractivity contribution in [2.24, 2.45) is 0 Å². The highest BCUT2D eigenvalue weighted by Crippen LogP contribution is 2.25. The molecule has 3 aromatic rings. The zero-order valence-corrected chi connectivity index (χ0v) is 18.5. The van der Waals surface area contributed by atoms with Crippen molar-refractivity contribution in [1.29, 1.82) is 0 Å². The second-order valence-electron chi connectivity index (χ2n) is 7.19. The van der Waals surface area contributed by atoms with E-state index in [0.717, 1.165) is 22.2 Å². The summed E-state index contributed by atoms with van der Waals surface area (Å²) < 4.78 is 6.14. The quantitative estimate of drug-likeness (QED) is 0.378. The molecule has 170 valence electrons. The van der Waals surface area contributed by atoms with Crippen molar-refractivity contribution in [2.45, 2.75) is 25.7 Å². The van der Waals surface area contributed by atoms with E-state index < -0.39 is 6.09 Å². The largest absolute Gasteiger partial charge is 0.508 e. The Balaban J connectivity index is 1.38. The molecule has 0 saturated carbocycles. The number of ether oxygens (including phenoxy) is 1. The fraction of sp³-hybridized carbons (Fsp3) is 0.348. The molecule has 0 saturated heterocycles. The number of aryl methyl sites for hydroxylation is 1. The Bertz CT molecular complexity index is 1010. The smallest absolute Gasteiger partial charge is 0.413 e. The lowest BCUT2D eigenvalue weighted by Gasteiger charge is -2.21. The molecule has 0 aliphatic heterocycles. The molecular formula is C23H27N3O5S.